The zero-order chi connectivity index (χ0) is 13.4. The summed E-state index contributed by atoms with van der Waals surface area (Å²) in [5.41, 5.74) is 6.70. The van der Waals surface area contributed by atoms with E-state index in [2.05, 4.69) is 5.10 Å². The predicted molar refractivity (Wildman–Crippen MR) is 77.6 cm³/mol. The van der Waals surface area contributed by atoms with E-state index in [0.717, 1.165) is 10.9 Å². The summed E-state index contributed by atoms with van der Waals surface area (Å²) < 4.78 is 13.2. The summed E-state index contributed by atoms with van der Waals surface area (Å²) in [7, 11) is 0. The van der Waals surface area contributed by atoms with Crippen LogP contribution >= 0.6 is 12.4 Å². The Hall–Kier alpha value is -1.50. The summed E-state index contributed by atoms with van der Waals surface area (Å²) in [5.74, 6) is 1.32. The number of rotatable bonds is 3. The zero-order valence-corrected chi connectivity index (χ0v) is 12.0. The maximum atomic E-state index is 9.21. The number of hydrogen-bond acceptors (Lipinski definition) is 5. The minimum absolute atomic E-state index is 0. The normalized spacial score (nSPS) is 18.6. The van der Waals surface area contributed by atoms with Crippen LogP contribution in [0.25, 0.3) is 10.9 Å². The number of aromatic nitrogens is 2. The van der Waals surface area contributed by atoms with Gasteiger partial charge in [0.1, 0.15) is 12.1 Å². The van der Waals surface area contributed by atoms with Crippen molar-refractivity contribution in [2.75, 3.05) is 13.2 Å². The van der Waals surface area contributed by atoms with Crippen LogP contribution in [0.4, 0.5) is 0 Å². The van der Waals surface area contributed by atoms with Crippen molar-refractivity contribution in [3.8, 4) is 11.5 Å². The highest BCUT2D eigenvalue weighted by Crippen LogP contribution is 2.38. The minimum atomic E-state index is -0.336. The van der Waals surface area contributed by atoms with Crippen LogP contribution in [0.15, 0.2) is 18.3 Å². The van der Waals surface area contributed by atoms with Gasteiger partial charge in [0, 0.05) is 11.4 Å². The third kappa shape index (κ3) is 2.54. The third-order valence-corrected chi connectivity index (χ3v) is 3.09. The molecule has 6 nitrogen and oxygen atoms in total. The molecule has 2 aromatic rings. The van der Waals surface area contributed by atoms with Crippen LogP contribution in [-0.4, -0.2) is 40.2 Å². The summed E-state index contributed by atoms with van der Waals surface area (Å²) in [5, 5.41) is 14.5. The van der Waals surface area contributed by atoms with Gasteiger partial charge in [-0.15, -0.1) is 12.4 Å². The smallest absolute Gasteiger partial charge is 0.187 e. The van der Waals surface area contributed by atoms with Crippen LogP contribution in [0.5, 0.6) is 11.5 Å². The molecular formula is C13H18ClN3O3. The molecule has 0 fully saturated rings. The quantitative estimate of drug-likeness (QED) is 0.881. The standard InChI is InChI=1S/C13H17N3O3.ClH/c1-8(14)5-16-12-9(4-15-16)2-3-11-13(12)19-10(6-17)7-18-11;/h2-4,8,10,17H,5-7,14H2,1H3;1H/t8-,10-;/m0./s1. The van der Waals surface area contributed by atoms with Gasteiger partial charge in [0.2, 0.25) is 0 Å². The summed E-state index contributed by atoms with van der Waals surface area (Å²) in [4.78, 5) is 0. The number of nitrogens with zero attached hydrogens (tertiary/aromatic N) is 2. The van der Waals surface area contributed by atoms with Gasteiger partial charge in [-0.2, -0.15) is 5.10 Å². The molecule has 0 bridgehead atoms. The Morgan fingerprint density at radius 2 is 2.35 bits per heavy atom. The van der Waals surface area contributed by atoms with Gasteiger partial charge in [-0.05, 0) is 19.1 Å². The van der Waals surface area contributed by atoms with Crippen LogP contribution in [0.1, 0.15) is 6.92 Å². The first-order valence-electron chi connectivity index (χ1n) is 6.33. The largest absolute Gasteiger partial charge is 0.486 e. The molecule has 3 rings (SSSR count). The number of aliphatic hydroxyl groups excluding tert-OH is 1. The fraction of sp³-hybridized carbons (Fsp3) is 0.462. The number of fused-ring (bicyclic) bond motifs is 3. The molecule has 3 N–H and O–H groups in total. The molecule has 0 aliphatic carbocycles. The highest BCUT2D eigenvalue weighted by molar-refractivity contribution is 5.87. The number of nitrogens with two attached hydrogens (primary N) is 1. The van der Waals surface area contributed by atoms with Crippen LogP contribution in [0.3, 0.4) is 0 Å². The van der Waals surface area contributed by atoms with Crippen molar-refractivity contribution in [2.24, 2.45) is 5.73 Å². The highest BCUT2D eigenvalue weighted by Gasteiger charge is 2.24. The molecule has 20 heavy (non-hydrogen) atoms. The second kappa shape index (κ2) is 5.87. The lowest BCUT2D eigenvalue weighted by Crippen LogP contribution is -2.32. The topological polar surface area (TPSA) is 82.5 Å². The fourth-order valence-corrected chi connectivity index (χ4v) is 2.24. The molecule has 1 aromatic carbocycles. The van der Waals surface area contributed by atoms with Gasteiger partial charge in [-0.25, -0.2) is 0 Å². The van der Waals surface area contributed by atoms with E-state index < -0.39 is 0 Å². The number of ether oxygens (including phenoxy) is 2. The van der Waals surface area contributed by atoms with E-state index in [9.17, 15) is 5.11 Å². The molecule has 2 atom stereocenters. The lowest BCUT2D eigenvalue weighted by molar-refractivity contribution is 0.0468. The first kappa shape index (κ1) is 14.9. The molecule has 2 heterocycles. The van der Waals surface area contributed by atoms with Gasteiger partial charge in [0.05, 0.1) is 19.3 Å². The molecule has 0 saturated heterocycles. The van der Waals surface area contributed by atoms with E-state index >= 15 is 0 Å². The molecule has 0 amide bonds. The molecule has 0 radical (unpaired) electrons. The van der Waals surface area contributed by atoms with Crippen molar-refractivity contribution >= 4 is 23.3 Å². The minimum Gasteiger partial charge on any atom is -0.486 e. The van der Waals surface area contributed by atoms with Crippen molar-refractivity contribution in [1.29, 1.82) is 0 Å². The van der Waals surface area contributed by atoms with E-state index in [-0.39, 0.29) is 31.2 Å². The number of hydrogen-bond donors (Lipinski definition) is 2. The monoisotopic (exact) mass is 299 g/mol. The third-order valence-electron chi connectivity index (χ3n) is 3.09. The van der Waals surface area contributed by atoms with Crippen molar-refractivity contribution in [3.05, 3.63) is 18.3 Å². The van der Waals surface area contributed by atoms with Gasteiger partial charge in [0.25, 0.3) is 0 Å². The molecule has 1 aliphatic rings. The van der Waals surface area contributed by atoms with Crippen molar-refractivity contribution < 1.29 is 14.6 Å². The van der Waals surface area contributed by atoms with E-state index in [1.165, 1.54) is 0 Å². The molecule has 110 valence electrons. The maximum Gasteiger partial charge on any atom is 0.187 e. The summed E-state index contributed by atoms with van der Waals surface area (Å²) in [6, 6.07) is 3.81. The Morgan fingerprint density at radius 1 is 1.55 bits per heavy atom. The predicted octanol–water partition coefficient (Wildman–Crippen LogP) is 0.937. The second-order valence-electron chi connectivity index (χ2n) is 4.87. The Bertz CT molecular complexity index is 600. The van der Waals surface area contributed by atoms with Gasteiger partial charge in [0.15, 0.2) is 17.6 Å². The second-order valence-corrected chi connectivity index (χ2v) is 4.87. The molecule has 1 aromatic heterocycles. The molecule has 0 spiro atoms. The average molecular weight is 300 g/mol. The van der Waals surface area contributed by atoms with Crippen LogP contribution in [0, 0.1) is 0 Å². The summed E-state index contributed by atoms with van der Waals surface area (Å²) in [6.45, 7) is 2.82. The van der Waals surface area contributed by atoms with Gasteiger partial charge in [-0.3, -0.25) is 4.68 Å². The van der Waals surface area contributed by atoms with E-state index in [1.807, 2.05) is 23.7 Å². The van der Waals surface area contributed by atoms with Crippen molar-refractivity contribution in [1.82, 2.24) is 9.78 Å². The Kier molecular flexibility index (Phi) is 4.37. The van der Waals surface area contributed by atoms with Crippen LogP contribution < -0.4 is 15.2 Å². The Morgan fingerprint density at radius 3 is 3.05 bits per heavy atom. The van der Waals surface area contributed by atoms with Crippen molar-refractivity contribution in [3.63, 3.8) is 0 Å². The summed E-state index contributed by atoms with van der Waals surface area (Å²) in [6.07, 6.45) is 1.45. The molecule has 0 saturated carbocycles. The first-order valence-corrected chi connectivity index (χ1v) is 6.33. The molecule has 0 unspecified atom stereocenters. The van der Waals surface area contributed by atoms with Crippen LogP contribution in [-0.2, 0) is 6.54 Å². The van der Waals surface area contributed by atoms with Gasteiger partial charge in [-0.1, -0.05) is 0 Å². The zero-order valence-electron chi connectivity index (χ0n) is 11.2. The number of halogens is 1. The Balaban J connectivity index is 0.00000147. The number of benzene rings is 1. The van der Waals surface area contributed by atoms with Gasteiger partial charge < -0.3 is 20.3 Å². The maximum absolute atomic E-state index is 9.21. The first-order chi connectivity index (χ1) is 9.19. The lowest BCUT2D eigenvalue weighted by Gasteiger charge is -2.26. The summed E-state index contributed by atoms with van der Waals surface area (Å²) >= 11 is 0. The highest BCUT2D eigenvalue weighted by atomic mass is 35.5. The number of aliphatic hydroxyl groups is 1. The van der Waals surface area contributed by atoms with E-state index in [0.29, 0.717) is 24.7 Å². The molecular weight excluding hydrogens is 282 g/mol. The van der Waals surface area contributed by atoms with E-state index in [4.69, 9.17) is 15.2 Å². The average Bonchev–Trinajstić information content (AvgIpc) is 2.81. The Labute approximate surface area is 122 Å². The van der Waals surface area contributed by atoms with E-state index in [1.54, 1.807) is 6.20 Å². The van der Waals surface area contributed by atoms with Gasteiger partial charge >= 0.3 is 0 Å². The van der Waals surface area contributed by atoms with Crippen molar-refractivity contribution in [2.45, 2.75) is 25.6 Å². The lowest BCUT2D eigenvalue weighted by atomic mass is 10.2. The molecule has 1 aliphatic heterocycles. The molecule has 7 heteroatoms. The SMILES string of the molecule is C[C@H](N)Cn1ncc2ccc3c(c21)O[C@@H](CO)CO3.Cl. The van der Waals surface area contributed by atoms with Crippen LogP contribution in [0.2, 0.25) is 0 Å². The fourth-order valence-electron chi connectivity index (χ4n) is 2.24.